The van der Waals surface area contributed by atoms with E-state index in [0.717, 1.165) is 15.6 Å². The molecule has 0 aromatic heterocycles. The lowest BCUT2D eigenvalue weighted by Gasteiger charge is -2.15. The standard InChI is InChI=1S/C18H22N4O3S2/c1-13(14-5-9-16(25-4)10-6-14)20-21-18(26)19-15-7-11-17(12-8-15)27(23,24)22(2)3/h5-12,20H,1H2,2-4H3,(H2,19,21,26). The third kappa shape index (κ3) is 5.43. The summed E-state index contributed by atoms with van der Waals surface area (Å²) in [5.74, 6) is 0.761. The van der Waals surface area contributed by atoms with Crippen LogP contribution in [0.25, 0.3) is 5.70 Å². The van der Waals surface area contributed by atoms with E-state index in [9.17, 15) is 8.42 Å². The van der Waals surface area contributed by atoms with Crippen LogP contribution in [0.2, 0.25) is 0 Å². The van der Waals surface area contributed by atoms with Crippen molar-refractivity contribution in [2.45, 2.75) is 4.90 Å². The fourth-order valence-corrected chi connectivity index (χ4v) is 3.15. The maximum absolute atomic E-state index is 12.1. The highest BCUT2D eigenvalue weighted by Crippen LogP contribution is 2.17. The molecule has 9 heteroatoms. The summed E-state index contributed by atoms with van der Waals surface area (Å²) in [7, 11) is 1.13. The predicted octanol–water partition coefficient (Wildman–Crippen LogP) is 2.41. The van der Waals surface area contributed by atoms with Gasteiger partial charge < -0.3 is 10.1 Å². The number of anilines is 1. The van der Waals surface area contributed by atoms with Crippen LogP contribution in [0.1, 0.15) is 5.56 Å². The third-order valence-corrected chi connectivity index (χ3v) is 5.69. The number of thiocarbonyl (C=S) groups is 1. The molecule has 0 aliphatic carbocycles. The number of nitrogens with zero attached hydrogens (tertiary/aromatic N) is 1. The topological polar surface area (TPSA) is 82.7 Å². The van der Waals surface area contributed by atoms with Gasteiger partial charge in [0.05, 0.1) is 17.7 Å². The van der Waals surface area contributed by atoms with Gasteiger partial charge in [-0.2, -0.15) is 0 Å². The van der Waals surface area contributed by atoms with Gasteiger partial charge in [-0.15, -0.1) is 0 Å². The molecule has 0 saturated heterocycles. The summed E-state index contributed by atoms with van der Waals surface area (Å²) in [5.41, 5.74) is 7.92. The molecule has 0 aliphatic heterocycles. The van der Waals surface area contributed by atoms with Crippen molar-refractivity contribution >= 4 is 38.7 Å². The molecule has 0 fully saturated rings. The normalized spacial score (nSPS) is 11.0. The van der Waals surface area contributed by atoms with Crippen molar-refractivity contribution < 1.29 is 13.2 Å². The summed E-state index contributed by atoms with van der Waals surface area (Å²) in [6, 6.07) is 13.7. The Bertz CT molecular complexity index is 909. The van der Waals surface area contributed by atoms with Gasteiger partial charge in [-0.05, 0) is 66.3 Å². The molecule has 2 aromatic carbocycles. The quantitative estimate of drug-likeness (QED) is 0.481. The van der Waals surface area contributed by atoms with E-state index in [-0.39, 0.29) is 4.90 Å². The highest BCUT2D eigenvalue weighted by atomic mass is 32.2. The third-order valence-electron chi connectivity index (χ3n) is 3.66. The molecule has 0 spiro atoms. The van der Waals surface area contributed by atoms with Crippen molar-refractivity contribution in [2.75, 3.05) is 26.5 Å². The zero-order valence-electron chi connectivity index (χ0n) is 15.3. The van der Waals surface area contributed by atoms with Crippen molar-refractivity contribution in [3.05, 3.63) is 60.7 Å². The highest BCUT2D eigenvalue weighted by Gasteiger charge is 2.16. The summed E-state index contributed by atoms with van der Waals surface area (Å²) >= 11 is 5.22. The second-order valence-corrected chi connectivity index (χ2v) is 8.28. The second kappa shape index (κ2) is 8.85. The van der Waals surface area contributed by atoms with Gasteiger partial charge in [-0.25, -0.2) is 12.7 Å². The molecule has 0 bridgehead atoms. The van der Waals surface area contributed by atoms with E-state index in [1.165, 1.54) is 26.2 Å². The lowest BCUT2D eigenvalue weighted by Crippen LogP contribution is -2.38. The van der Waals surface area contributed by atoms with Crippen molar-refractivity contribution in [1.82, 2.24) is 15.2 Å². The number of hydrazine groups is 1. The molecule has 2 rings (SSSR count). The molecular weight excluding hydrogens is 384 g/mol. The van der Waals surface area contributed by atoms with Gasteiger partial charge >= 0.3 is 0 Å². The molecule has 0 saturated carbocycles. The van der Waals surface area contributed by atoms with Gasteiger partial charge in [0.15, 0.2) is 5.11 Å². The van der Waals surface area contributed by atoms with E-state index in [0.29, 0.717) is 16.5 Å². The van der Waals surface area contributed by atoms with Gasteiger partial charge in [0, 0.05) is 19.8 Å². The first-order valence-electron chi connectivity index (χ1n) is 7.93. The Morgan fingerprint density at radius 2 is 1.63 bits per heavy atom. The number of methoxy groups -OCH3 is 1. The zero-order valence-corrected chi connectivity index (χ0v) is 16.9. The van der Waals surface area contributed by atoms with Gasteiger partial charge in [-0.1, -0.05) is 6.58 Å². The van der Waals surface area contributed by atoms with Crippen LogP contribution in [0.15, 0.2) is 60.0 Å². The van der Waals surface area contributed by atoms with Crippen LogP contribution in [0, 0.1) is 0 Å². The number of hydrogen-bond acceptors (Lipinski definition) is 5. The number of hydrogen-bond donors (Lipinski definition) is 3. The molecule has 0 aliphatic rings. The van der Waals surface area contributed by atoms with Gasteiger partial charge in [-0.3, -0.25) is 10.9 Å². The number of sulfonamides is 1. The molecule has 0 heterocycles. The molecular formula is C18H22N4O3S2. The van der Waals surface area contributed by atoms with E-state index < -0.39 is 10.0 Å². The minimum Gasteiger partial charge on any atom is -0.497 e. The Morgan fingerprint density at radius 3 is 2.15 bits per heavy atom. The van der Waals surface area contributed by atoms with E-state index in [1.54, 1.807) is 19.2 Å². The van der Waals surface area contributed by atoms with Crippen LogP contribution in [0.5, 0.6) is 5.75 Å². The molecule has 2 aromatic rings. The monoisotopic (exact) mass is 406 g/mol. The molecule has 3 N–H and O–H groups in total. The lowest BCUT2D eigenvalue weighted by molar-refractivity contribution is 0.415. The molecule has 144 valence electrons. The SMILES string of the molecule is C=C(NNC(=S)Nc1ccc(S(=O)(=O)N(C)C)cc1)c1ccc(OC)cc1. The number of benzene rings is 2. The molecule has 0 radical (unpaired) electrons. The first kappa shape index (κ1) is 20.7. The Labute approximate surface area is 165 Å². The minimum absolute atomic E-state index is 0.211. The average molecular weight is 407 g/mol. The van der Waals surface area contributed by atoms with Crippen molar-refractivity contribution in [1.29, 1.82) is 0 Å². The number of nitrogens with one attached hydrogen (secondary N) is 3. The summed E-state index contributed by atoms with van der Waals surface area (Å²) < 4.78 is 30.4. The van der Waals surface area contributed by atoms with Crippen LogP contribution in [-0.4, -0.2) is 39.0 Å². The Hall–Kier alpha value is -2.62. The number of rotatable bonds is 7. The van der Waals surface area contributed by atoms with Crippen molar-refractivity contribution in [3.8, 4) is 5.75 Å². The second-order valence-electron chi connectivity index (χ2n) is 5.72. The van der Waals surface area contributed by atoms with Gasteiger partial charge in [0.2, 0.25) is 10.0 Å². The molecule has 0 atom stereocenters. The van der Waals surface area contributed by atoms with E-state index in [4.69, 9.17) is 17.0 Å². The van der Waals surface area contributed by atoms with E-state index >= 15 is 0 Å². The Morgan fingerprint density at radius 1 is 1.04 bits per heavy atom. The zero-order chi connectivity index (χ0) is 20.0. The van der Waals surface area contributed by atoms with Crippen LogP contribution in [0.3, 0.4) is 0 Å². The van der Waals surface area contributed by atoms with Crippen LogP contribution in [0.4, 0.5) is 5.69 Å². The largest absolute Gasteiger partial charge is 0.497 e. The maximum atomic E-state index is 12.1. The van der Waals surface area contributed by atoms with E-state index in [2.05, 4.69) is 22.7 Å². The smallest absolute Gasteiger partial charge is 0.242 e. The van der Waals surface area contributed by atoms with Gasteiger partial charge in [0.1, 0.15) is 5.75 Å². The average Bonchev–Trinajstić information content (AvgIpc) is 2.66. The van der Waals surface area contributed by atoms with E-state index in [1.807, 2.05) is 24.3 Å². The summed E-state index contributed by atoms with van der Waals surface area (Å²) in [4.78, 5) is 0.211. The fourth-order valence-electron chi connectivity index (χ4n) is 2.08. The summed E-state index contributed by atoms with van der Waals surface area (Å²) in [5, 5.41) is 3.28. The van der Waals surface area contributed by atoms with Crippen LogP contribution in [-0.2, 0) is 10.0 Å². The Balaban J connectivity index is 1.90. The summed E-state index contributed by atoms with van der Waals surface area (Å²) in [6.45, 7) is 3.94. The minimum atomic E-state index is -3.46. The van der Waals surface area contributed by atoms with Gasteiger partial charge in [0.25, 0.3) is 0 Å². The van der Waals surface area contributed by atoms with Crippen molar-refractivity contribution in [2.24, 2.45) is 0 Å². The first-order chi connectivity index (χ1) is 12.7. The Kier molecular flexibility index (Phi) is 6.78. The highest BCUT2D eigenvalue weighted by molar-refractivity contribution is 7.89. The first-order valence-corrected chi connectivity index (χ1v) is 9.78. The number of ether oxygens (including phenoxy) is 1. The molecule has 0 amide bonds. The predicted molar refractivity (Wildman–Crippen MR) is 112 cm³/mol. The summed E-state index contributed by atoms with van der Waals surface area (Å²) in [6.07, 6.45) is 0. The lowest BCUT2D eigenvalue weighted by atomic mass is 10.2. The van der Waals surface area contributed by atoms with Crippen molar-refractivity contribution in [3.63, 3.8) is 0 Å². The molecule has 7 nitrogen and oxygen atoms in total. The molecule has 27 heavy (non-hydrogen) atoms. The fraction of sp³-hybridized carbons (Fsp3) is 0.167. The maximum Gasteiger partial charge on any atom is 0.242 e. The van der Waals surface area contributed by atoms with Crippen LogP contribution >= 0.6 is 12.2 Å². The molecule has 0 unspecified atom stereocenters. The van der Waals surface area contributed by atoms with Crippen LogP contribution < -0.4 is 20.9 Å².